The Bertz CT molecular complexity index is 258. The Labute approximate surface area is 85.1 Å². The fourth-order valence-electron chi connectivity index (χ4n) is 1.28. The molecule has 3 heteroatoms. The van der Waals surface area contributed by atoms with Crippen molar-refractivity contribution in [1.29, 1.82) is 0 Å². The number of aliphatic hydroxyl groups excluding tert-OH is 1. The first-order valence-electron chi connectivity index (χ1n) is 5.18. The molecule has 2 N–H and O–H groups in total. The molecule has 0 amide bonds. The van der Waals surface area contributed by atoms with E-state index in [1.54, 1.807) is 0 Å². The Morgan fingerprint density at radius 3 is 2.71 bits per heavy atom. The van der Waals surface area contributed by atoms with Crippen molar-refractivity contribution in [1.82, 2.24) is 5.32 Å². The summed E-state index contributed by atoms with van der Waals surface area (Å²) in [7, 11) is 0. The fourth-order valence-corrected chi connectivity index (χ4v) is 1.28. The summed E-state index contributed by atoms with van der Waals surface area (Å²) in [5.74, 6) is 1.99. The summed E-state index contributed by atoms with van der Waals surface area (Å²) in [5.41, 5.74) is 0. The summed E-state index contributed by atoms with van der Waals surface area (Å²) >= 11 is 0. The van der Waals surface area contributed by atoms with Crippen LogP contribution in [0.3, 0.4) is 0 Å². The lowest BCUT2D eigenvalue weighted by atomic mass is 10.2. The first kappa shape index (κ1) is 11.3. The van der Waals surface area contributed by atoms with Gasteiger partial charge >= 0.3 is 0 Å². The van der Waals surface area contributed by atoms with E-state index < -0.39 is 0 Å². The number of hydrogen-bond acceptors (Lipinski definition) is 3. The molecule has 1 heterocycles. The Kier molecular flexibility index (Phi) is 4.70. The average molecular weight is 197 g/mol. The van der Waals surface area contributed by atoms with Crippen molar-refractivity contribution in [3.63, 3.8) is 0 Å². The molecule has 3 nitrogen and oxygen atoms in total. The predicted molar refractivity (Wildman–Crippen MR) is 56.1 cm³/mol. The molecule has 80 valence electrons. The molecule has 0 unspecified atom stereocenters. The number of furan rings is 1. The molecule has 0 aromatic carbocycles. The topological polar surface area (TPSA) is 45.4 Å². The SMILES string of the molecule is CCc1ccc(CN[C@H](C)CCO)o1. The maximum absolute atomic E-state index is 8.71. The van der Waals surface area contributed by atoms with Crippen LogP contribution in [0.15, 0.2) is 16.5 Å². The lowest BCUT2D eigenvalue weighted by Crippen LogP contribution is -2.26. The molecule has 0 fully saturated rings. The molecule has 14 heavy (non-hydrogen) atoms. The van der Waals surface area contributed by atoms with Crippen molar-refractivity contribution in [2.24, 2.45) is 0 Å². The van der Waals surface area contributed by atoms with Crippen LogP contribution in [0, 0.1) is 0 Å². The van der Waals surface area contributed by atoms with E-state index in [9.17, 15) is 0 Å². The molecule has 1 aromatic heterocycles. The molecule has 0 radical (unpaired) electrons. The predicted octanol–water partition coefficient (Wildman–Crippen LogP) is 1.70. The van der Waals surface area contributed by atoms with Crippen LogP contribution in [-0.2, 0) is 13.0 Å². The molecule has 0 bridgehead atoms. The van der Waals surface area contributed by atoms with Crippen molar-refractivity contribution < 1.29 is 9.52 Å². The maximum atomic E-state index is 8.71. The molecule has 1 rings (SSSR count). The molecule has 1 aromatic rings. The van der Waals surface area contributed by atoms with Gasteiger partial charge in [0.05, 0.1) is 6.54 Å². The Morgan fingerprint density at radius 1 is 1.43 bits per heavy atom. The third kappa shape index (κ3) is 3.52. The number of aryl methyl sites for hydroxylation is 1. The molecular weight excluding hydrogens is 178 g/mol. The van der Waals surface area contributed by atoms with Gasteiger partial charge in [0.2, 0.25) is 0 Å². The highest BCUT2D eigenvalue weighted by molar-refractivity contribution is 5.06. The summed E-state index contributed by atoms with van der Waals surface area (Å²) in [6.45, 7) is 5.10. The van der Waals surface area contributed by atoms with Gasteiger partial charge in [0.1, 0.15) is 11.5 Å². The van der Waals surface area contributed by atoms with Gasteiger partial charge in [0.15, 0.2) is 0 Å². The third-order valence-corrected chi connectivity index (χ3v) is 2.25. The van der Waals surface area contributed by atoms with Gasteiger partial charge in [-0.15, -0.1) is 0 Å². The van der Waals surface area contributed by atoms with Crippen molar-refractivity contribution in [3.05, 3.63) is 23.7 Å². The summed E-state index contributed by atoms with van der Waals surface area (Å²) in [5, 5.41) is 12.0. The van der Waals surface area contributed by atoms with Gasteiger partial charge in [0, 0.05) is 19.1 Å². The number of nitrogens with one attached hydrogen (secondary N) is 1. The second-order valence-corrected chi connectivity index (χ2v) is 3.52. The van der Waals surface area contributed by atoms with E-state index >= 15 is 0 Å². The third-order valence-electron chi connectivity index (χ3n) is 2.25. The lowest BCUT2D eigenvalue weighted by Gasteiger charge is -2.10. The molecule has 1 atom stereocenters. The summed E-state index contributed by atoms with van der Waals surface area (Å²) in [6.07, 6.45) is 1.72. The Hall–Kier alpha value is -0.800. The zero-order valence-corrected chi connectivity index (χ0v) is 8.92. The van der Waals surface area contributed by atoms with Crippen molar-refractivity contribution in [3.8, 4) is 0 Å². The van der Waals surface area contributed by atoms with Crippen molar-refractivity contribution in [2.75, 3.05) is 6.61 Å². The van der Waals surface area contributed by atoms with Crippen LogP contribution < -0.4 is 5.32 Å². The van der Waals surface area contributed by atoms with E-state index in [1.807, 2.05) is 12.1 Å². The van der Waals surface area contributed by atoms with E-state index in [0.717, 1.165) is 30.9 Å². The highest BCUT2D eigenvalue weighted by atomic mass is 16.3. The zero-order chi connectivity index (χ0) is 10.4. The fraction of sp³-hybridized carbons (Fsp3) is 0.636. The lowest BCUT2D eigenvalue weighted by molar-refractivity contribution is 0.267. The van der Waals surface area contributed by atoms with Crippen LogP contribution in [-0.4, -0.2) is 17.8 Å². The minimum atomic E-state index is 0.229. The van der Waals surface area contributed by atoms with Crippen molar-refractivity contribution in [2.45, 2.75) is 39.3 Å². The van der Waals surface area contributed by atoms with E-state index in [-0.39, 0.29) is 6.61 Å². The second kappa shape index (κ2) is 5.83. The normalized spacial score (nSPS) is 13.1. The first-order chi connectivity index (χ1) is 6.76. The largest absolute Gasteiger partial charge is 0.465 e. The van der Waals surface area contributed by atoms with Gasteiger partial charge in [-0.3, -0.25) is 0 Å². The van der Waals surface area contributed by atoms with Crippen LogP contribution in [0.25, 0.3) is 0 Å². The minimum absolute atomic E-state index is 0.229. The quantitative estimate of drug-likeness (QED) is 0.729. The highest BCUT2D eigenvalue weighted by Gasteiger charge is 2.03. The van der Waals surface area contributed by atoms with E-state index in [1.165, 1.54) is 0 Å². The van der Waals surface area contributed by atoms with Gasteiger partial charge < -0.3 is 14.8 Å². The molecular formula is C11H19NO2. The average Bonchev–Trinajstić information content (AvgIpc) is 2.63. The van der Waals surface area contributed by atoms with Gasteiger partial charge in [-0.2, -0.15) is 0 Å². The number of rotatable bonds is 6. The summed E-state index contributed by atoms with van der Waals surface area (Å²) in [4.78, 5) is 0. The van der Waals surface area contributed by atoms with Gasteiger partial charge in [-0.05, 0) is 25.5 Å². The summed E-state index contributed by atoms with van der Waals surface area (Å²) < 4.78 is 5.54. The van der Waals surface area contributed by atoms with E-state index in [0.29, 0.717) is 6.04 Å². The van der Waals surface area contributed by atoms with Crippen LogP contribution in [0.5, 0.6) is 0 Å². The standard InChI is InChI=1S/C11H19NO2/c1-3-10-4-5-11(14-10)8-12-9(2)6-7-13/h4-5,9,12-13H,3,6-8H2,1-2H3/t9-/m1/s1. The molecule has 0 aliphatic carbocycles. The number of hydrogen-bond donors (Lipinski definition) is 2. The zero-order valence-electron chi connectivity index (χ0n) is 8.92. The maximum Gasteiger partial charge on any atom is 0.117 e. The Morgan fingerprint density at radius 2 is 2.14 bits per heavy atom. The van der Waals surface area contributed by atoms with Gasteiger partial charge in [-0.1, -0.05) is 6.92 Å². The molecule has 0 spiro atoms. The molecule has 0 aliphatic rings. The highest BCUT2D eigenvalue weighted by Crippen LogP contribution is 2.08. The molecule has 0 aliphatic heterocycles. The molecule has 0 saturated carbocycles. The van der Waals surface area contributed by atoms with Crippen molar-refractivity contribution >= 4 is 0 Å². The minimum Gasteiger partial charge on any atom is -0.465 e. The monoisotopic (exact) mass is 197 g/mol. The molecule has 0 saturated heterocycles. The van der Waals surface area contributed by atoms with Gasteiger partial charge in [0.25, 0.3) is 0 Å². The smallest absolute Gasteiger partial charge is 0.117 e. The summed E-state index contributed by atoms with van der Waals surface area (Å²) in [6, 6.07) is 4.33. The van der Waals surface area contributed by atoms with Crippen LogP contribution in [0.2, 0.25) is 0 Å². The van der Waals surface area contributed by atoms with Crippen LogP contribution >= 0.6 is 0 Å². The Balaban J connectivity index is 2.30. The number of aliphatic hydroxyl groups is 1. The van der Waals surface area contributed by atoms with Gasteiger partial charge in [-0.25, -0.2) is 0 Å². The van der Waals surface area contributed by atoms with Crippen LogP contribution in [0.4, 0.5) is 0 Å². The van der Waals surface area contributed by atoms with E-state index in [2.05, 4.69) is 19.2 Å². The second-order valence-electron chi connectivity index (χ2n) is 3.52. The van der Waals surface area contributed by atoms with Crippen LogP contribution in [0.1, 0.15) is 31.8 Å². The first-order valence-corrected chi connectivity index (χ1v) is 5.18. The van der Waals surface area contributed by atoms with E-state index in [4.69, 9.17) is 9.52 Å².